The minimum absolute atomic E-state index is 0. The van der Waals surface area contributed by atoms with E-state index in [9.17, 15) is 24.6 Å². The number of esters is 1. The number of aromatic nitrogens is 1. The molecule has 10 heteroatoms. The van der Waals surface area contributed by atoms with E-state index in [1.54, 1.807) is 43.7 Å². The van der Waals surface area contributed by atoms with Gasteiger partial charge in [0.2, 0.25) is 0 Å². The minimum atomic E-state index is -1.63. The number of thiazole rings is 1. The number of rotatable bonds is 5. The number of carbonyl (C=O) groups excluding carboxylic acids is 3. The monoisotopic (exact) mass is 496 g/mol. The van der Waals surface area contributed by atoms with Crippen molar-refractivity contribution in [1.29, 1.82) is 0 Å². The van der Waals surface area contributed by atoms with E-state index in [0.29, 0.717) is 23.5 Å². The molecule has 1 aromatic heterocycles. The van der Waals surface area contributed by atoms with E-state index >= 15 is 0 Å². The van der Waals surface area contributed by atoms with E-state index in [2.05, 4.69) is 10.3 Å². The summed E-state index contributed by atoms with van der Waals surface area (Å²) in [6.45, 7) is 3.36. The average Bonchev–Trinajstić information content (AvgIpc) is 3.27. The summed E-state index contributed by atoms with van der Waals surface area (Å²) in [4.78, 5) is 40.7. The molecule has 0 radical (unpaired) electrons. The van der Waals surface area contributed by atoms with Crippen LogP contribution in [-0.2, 0) is 19.1 Å². The second kappa shape index (κ2) is 9.62. The zero-order valence-electron chi connectivity index (χ0n) is 18.6. The third-order valence-electron chi connectivity index (χ3n) is 7.14. The first-order chi connectivity index (χ1) is 15.1. The SMILES string of the molecule is C/C(=C\C=C\[C@@]1(C)OC(=O)[C@]23CC=C(C(=O)[O-])CC[C@]2([O-])[C@H]1CC3)C(=O)Nc1nccs1.[Ca+2]. The molecule has 170 valence electrons. The van der Waals surface area contributed by atoms with Crippen LogP contribution in [0.2, 0.25) is 0 Å². The standard InChI is InChI=1S/C23H25N2O6S.Ca/c1-14(17(26)25-20-24-12-13-32-20)4-3-8-21(2)16-7-10-22(19(29)31-21)9-5-15(18(27)28)6-11-23(16,22)30;/h3-5,8,12-13,16H,6-7,9-11H2,1-2H3,(H,27,28)(H,24,25,26);/q-1;+2/p-1/b8-3+,14-4+;/t16-,21+,22+,23-;/m0./s1. The Bertz CT molecular complexity index is 1050. The van der Waals surface area contributed by atoms with Crippen LogP contribution < -0.4 is 15.5 Å². The third kappa shape index (κ3) is 4.46. The first kappa shape index (κ1) is 26.1. The summed E-state index contributed by atoms with van der Waals surface area (Å²) in [5.41, 5.74) is -3.52. The summed E-state index contributed by atoms with van der Waals surface area (Å²) in [6, 6.07) is 0. The predicted molar refractivity (Wildman–Crippen MR) is 119 cm³/mol. The van der Waals surface area contributed by atoms with Crippen molar-refractivity contribution in [3.63, 3.8) is 0 Å². The molecule has 1 amide bonds. The molecule has 33 heavy (non-hydrogen) atoms. The Labute approximate surface area is 225 Å². The Morgan fingerprint density at radius 2 is 2.12 bits per heavy atom. The molecule has 2 aliphatic carbocycles. The second-order valence-electron chi connectivity index (χ2n) is 8.86. The third-order valence-corrected chi connectivity index (χ3v) is 7.83. The Morgan fingerprint density at radius 1 is 1.36 bits per heavy atom. The molecule has 0 unspecified atom stereocenters. The number of nitrogens with zero attached hydrogens (tertiary/aromatic N) is 1. The predicted octanol–water partition coefficient (Wildman–Crippen LogP) is 0.874. The topological polar surface area (TPSA) is 131 Å². The van der Waals surface area contributed by atoms with E-state index in [1.165, 1.54) is 17.4 Å². The molecule has 0 spiro atoms. The number of carboxylic acid groups (broad SMARTS) is 1. The average molecular weight is 497 g/mol. The van der Waals surface area contributed by atoms with Crippen LogP contribution in [0.5, 0.6) is 0 Å². The van der Waals surface area contributed by atoms with E-state index in [0.717, 1.165) is 0 Å². The van der Waals surface area contributed by atoms with Gasteiger partial charge in [-0.2, -0.15) is 0 Å². The van der Waals surface area contributed by atoms with Gasteiger partial charge >= 0.3 is 43.7 Å². The maximum absolute atomic E-state index is 14.2. The molecule has 1 aliphatic heterocycles. The number of ether oxygens (including phenoxy) is 1. The normalized spacial score (nSPS) is 33.4. The van der Waals surface area contributed by atoms with Crippen LogP contribution >= 0.6 is 11.3 Å². The van der Waals surface area contributed by atoms with Crippen molar-refractivity contribution < 1.29 is 29.3 Å². The van der Waals surface area contributed by atoms with Gasteiger partial charge < -0.3 is 19.7 Å². The largest absolute Gasteiger partial charge is 2.00 e. The van der Waals surface area contributed by atoms with Gasteiger partial charge in [0.05, 0.1) is 11.4 Å². The van der Waals surface area contributed by atoms with Crippen molar-refractivity contribution >= 4 is 72.1 Å². The van der Waals surface area contributed by atoms with Crippen LogP contribution in [0.15, 0.2) is 47.0 Å². The van der Waals surface area contributed by atoms with E-state index in [1.807, 2.05) is 0 Å². The fourth-order valence-electron chi connectivity index (χ4n) is 5.33. The van der Waals surface area contributed by atoms with Gasteiger partial charge in [-0.3, -0.25) is 14.9 Å². The summed E-state index contributed by atoms with van der Waals surface area (Å²) in [7, 11) is 0. The quantitative estimate of drug-likeness (QED) is 0.277. The van der Waals surface area contributed by atoms with Crippen molar-refractivity contribution in [3.05, 3.63) is 47.0 Å². The van der Waals surface area contributed by atoms with Crippen molar-refractivity contribution in [3.8, 4) is 0 Å². The van der Waals surface area contributed by atoms with Crippen molar-refractivity contribution in [2.24, 2.45) is 11.3 Å². The molecular weight excluding hydrogens is 472 g/mol. The smallest absolute Gasteiger partial charge is 0.848 e. The molecule has 4 atom stereocenters. The number of carboxylic acids is 1. The van der Waals surface area contributed by atoms with Crippen LogP contribution in [0.4, 0.5) is 5.13 Å². The number of allylic oxidation sites excluding steroid dienone is 3. The second-order valence-corrected chi connectivity index (χ2v) is 9.75. The zero-order valence-corrected chi connectivity index (χ0v) is 21.6. The summed E-state index contributed by atoms with van der Waals surface area (Å²) in [5, 5.41) is 30.4. The summed E-state index contributed by atoms with van der Waals surface area (Å²) in [6.07, 6.45) is 8.99. The van der Waals surface area contributed by atoms with Gasteiger partial charge in [0.25, 0.3) is 5.91 Å². The van der Waals surface area contributed by atoms with Gasteiger partial charge in [-0.25, -0.2) is 4.98 Å². The molecule has 2 heterocycles. The van der Waals surface area contributed by atoms with Gasteiger partial charge in [-0.1, -0.05) is 30.2 Å². The maximum atomic E-state index is 14.2. The fourth-order valence-corrected chi connectivity index (χ4v) is 5.85. The summed E-state index contributed by atoms with van der Waals surface area (Å²) in [5.74, 6) is -2.69. The molecule has 2 fully saturated rings. The molecule has 0 aromatic carbocycles. The molecule has 3 aliphatic rings. The number of cyclic esters (lactones) is 1. The van der Waals surface area contributed by atoms with Crippen molar-refractivity contribution in [2.45, 2.75) is 57.2 Å². The van der Waals surface area contributed by atoms with Crippen LogP contribution in [-0.4, -0.2) is 71.8 Å². The number of aliphatic carboxylic acids is 1. The van der Waals surface area contributed by atoms with E-state index in [-0.39, 0.29) is 68.5 Å². The minimum Gasteiger partial charge on any atom is -0.848 e. The summed E-state index contributed by atoms with van der Waals surface area (Å²) < 4.78 is 5.81. The Balaban J connectivity index is 0.00000306. The van der Waals surface area contributed by atoms with Gasteiger partial charge in [-0.15, -0.1) is 11.3 Å². The Kier molecular flexibility index (Phi) is 7.60. The number of nitrogens with one attached hydrogen (secondary N) is 1. The maximum Gasteiger partial charge on any atom is 2.00 e. The van der Waals surface area contributed by atoms with Crippen molar-refractivity contribution in [1.82, 2.24) is 4.98 Å². The number of hydrogen-bond acceptors (Lipinski definition) is 8. The zero-order chi connectivity index (χ0) is 23.1. The molecule has 2 bridgehead atoms. The van der Waals surface area contributed by atoms with Gasteiger partial charge in [0.15, 0.2) is 5.13 Å². The van der Waals surface area contributed by atoms with Crippen LogP contribution in [0.3, 0.4) is 0 Å². The number of hydrogen-bond donors (Lipinski definition) is 1. The molecule has 4 rings (SSSR count). The van der Waals surface area contributed by atoms with Gasteiger partial charge in [-0.05, 0) is 57.1 Å². The summed E-state index contributed by atoms with van der Waals surface area (Å²) >= 11 is 1.31. The van der Waals surface area contributed by atoms with Crippen LogP contribution in [0.25, 0.3) is 0 Å². The molecule has 1 N–H and O–H groups in total. The number of carbonyl (C=O) groups is 3. The molecule has 1 saturated heterocycles. The molecule has 8 nitrogen and oxygen atoms in total. The van der Waals surface area contributed by atoms with Gasteiger partial charge in [0, 0.05) is 17.2 Å². The molecule has 1 saturated carbocycles. The Hall–Kier alpha value is -1.52. The van der Waals surface area contributed by atoms with E-state index in [4.69, 9.17) is 4.74 Å². The first-order valence-corrected chi connectivity index (χ1v) is 11.4. The van der Waals surface area contributed by atoms with Crippen LogP contribution in [0.1, 0.15) is 46.0 Å². The van der Waals surface area contributed by atoms with Gasteiger partial charge in [0.1, 0.15) is 5.60 Å². The van der Waals surface area contributed by atoms with E-state index < -0.39 is 34.5 Å². The van der Waals surface area contributed by atoms with Crippen LogP contribution in [0, 0.1) is 11.3 Å². The number of anilines is 1. The number of amides is 1. The molecule has 1 aromatic rings. The first-order valence-electron chi connectivity index (χ1n) is 10.5. The Morgan fingerprint density at radius 3 is 2.79 bits per heavy atom. The fraction of sp³-hybridized carbons (Fsp3) is 0.478. The molecular formula is C23H24CaN2O6S. The van der Waals surface area contributed by atoms with Crippen molar-refractivity contribution in [2.75, 3.05) is 5.32 Å².